The highest BCUT2D eigenvalue weighted by Crippen LogP contribution is 2.29. The van der Waals surface area contributed by atoms with Gasteiger partial charge in [-0.2, -0.15) is 0 Å². The fraction of sp³-hybridized carbons (Fsp3) is 0.136. The maximum Gasteiger partial charge on any atom is 0.233 e. The molecule has 1 amide bonds. The molecule has 0 fully saturated rings. The molecule has 0 spiro atoms. The maximum atomic E-state index is 13.2. The van der Waals surface area contributed by atoms with Gasteiger partial charge in [0.1, 0.15) is 11.4 Å². The Morgan fingerprint density at radius 3 is 2.71 bits per heavy atom. The molecule has 0 bridgehead atoms. The van der Waals surface area contributed by atoms with E-state index < -0.39 is 0 Å². The standard InChI is InChI=1S/C22H19N3O3/c1-15-9-10-21-17(12-15)18(24-28-21)13-22(27)25(14-16-6-4-5-11-23-16)19-7-2-3-8-20(19)26/h2-12,26H,13-14H2,1H3. The number of benzene rings is 2. The van der Waals surface area contributed by atoms with Gasteiger partial charge in [-0.05, 0) is 43.3 Å². The summed E-state index contributed by atoms with van der Waals surface area (Å²) in [6.07, 6.45) is 1.73. The minimum absolute atomic E-state index is 0.0348. The first-order valence-electron chi connectivity index (χ1n) is 8.95. The number of amides is 1. The lowest BCUT2D eigenvalue weighted by atomic mass is 10.1. The summed E-state index contributed by atoms with van der Waals surface area (Å²) in [5.41, 5.74) is 3.44. The second kappa shape index (κ2) is 7.52. The number of carbonyl (C=O) groups is 1. The monoisotopic (exact) mass is 373 g/mol. The summed E-state index contributed by atoms with van der Waals surface area (Å²) in [5, 5.41) is 15.2. The number of hydrogen-bond donors (Lipinski definition) is 1. The average Bonchev–Trinajstić information content (AvgIpc) is 3.09. The number of aromatic nitrogens is 2. The zero-order chi connectivity index (χ0) is 19.5. The van der Waals surface area contributed by atoms with Gasteiger partial charge in [-0.1, -0.05) is 35.0 Å². The molecule has 0 aliphatic carbocycles. The first-order valence-corrected chi connectivity index (χ1v) is 8.95. The van der Waals surface area contributed by atoms with Gasteiger partial charge in [0.05, 0.1) is 24.3 Å². The van der Waals surface area contributed by atoms with Gasteiger partial charge in [0, 0.05) is 11.6 Å². The van der Waals surface area contributed by atoms with Crippen molar-refractivity contribution in [3.05, 3.63) is 83.8 Å². The Balaban J connectivity index is 1.68. The predicted molar refractivity (Wildman–Crippen MR) is 106 cm³/mol. The minimum Gasteiger partial charge on any atom is -0.506 e. The van der Waals surface area contributed by atoms with Crippen LogP contribution in [0.5, 0.6) is 5.75 Å². The quantitative estimate of drug-likeness (QED) is 0.572. The van der Waals surface area contributed by atoms with Crippen molar-refractivity contribution in [2.75, 3.05) is 4.90 Å². The molecule has 0 saturated heterocycles. The Morgan fingerprint density at radius 1 is 1.11 bits per heavy atom. The molecule has 0 radical (unpaired) electrons. The molecule has 0 aliphatic rings. The molecule has 0 saturated carbocycles. The Morgan fingerprint density at radius 2 is 1.93 bits per heavy atom. The van der Waals surface area contributed by atoms with Gasteiger partial charge in [-0.3, -0.25) is 9.78 Å². The van der Waals surface area contributed by atoms with E-state index in [9.17, 15) is 9.90 Å². The summed E-state index contributed by atoms with van der Waals surface area (Å²) in [7, 11) is 0. The van der Waals surface area contributed by atoms with E-state index in [4.69, 9.17) is 4.52 Å². The molecule has 0 atom stereocenters. The van der Waals surface area contributed by atoms with Crippen LogP contribution in [0.1, 0.15) is 17.0 Å². The number of phenolic OH excluding ortho intramolecular Hbond substituents is 1. The molecule has 6 heteroatoms. The molecule has 6 nitrogen and oxygen atoms in total. The van der Waals surface area contributed by atoms with Crippen LogP contribution in [0.15, 0.2) is 71.4 Å². The summed E-state index contributed by atoms with van der Waals surface area (Å²) in [6.45, 7) is 2.22. The zero-order valence-corrected chi connectivity index (χ0v) is 15.4. The first kappa shape index (κ1) is 17.7. The number of phenols is 1. The molecule has 0 unspecified atom stereocenters. The van der Waals surface area contributed by atoms with E-state index in [1.807, 2.05) is 43.3 Å². The normalized spacial score (nSPS) is 10.9. The fourth-order valence-electron chi connectivity index (χ4n) is 3.12. The van der Waals surface area contributed by atoms with E-state index in [1.54, 1.807) is 30.5 Å². The van der Waals surface area contributed by atoms with E-state index in [0.717, 1.165) is 16.6 Å². The SMILES string of the molecule is Cc1ccc2onc(CC(=O)N(Cc3ccccn3)c3ccccc3O)c2c1. The predicted octanol–water partition coefficient (Wildman–Crippen LogP) is 4.01. The number of fused-ring (bicyclic) bond motifs is 1. The maximum absolute atomic E-state index is 13.2. The average molecular weight is 373 g/mol. The number of aryl methyl sites for hydroxylation is 1. The lowest BCUT2D eigenvalue weighted by molar-refractivity contribution is -0.118. The lowest BCUT2D eigenvalue weighted by Gasteiger charge is -2.23. The summed E-state index contributed by atoms with van der Waals surface area (Å²) < 4.78 is 5.35. The highest BCUT2D eigenvalue weighted by molar-refractivity contribution is 5.97. The number of carbonyl (C=O) groups excluding carboxylic acids is 1. The number of anilines is 1. The van der Waals surface area contributed by atoms with Gasteiger partial charge in [0.15, 0.2) is 5.58 Å². The van der Waals surface area contributed by atoms with Crippen LogP contribution < -0.4 is 4.90 Å². The van der Waals surface area contributed by atoms with E-state index in [2.05, 4.69) is 10.1 Å². The molecule has 2 aromatic heterocycles. The van der Waals surface area contributed by atoms with Crippen LogP contribution in [0.3, 0.4) is 0 Å². The van der Waals surface area contributed by atoms with Crippen LogP contribution >= 0.6 is 0 Å². The molecule has 4 rings (SSSR count). The zero-order valence-electron chi connectivity index (χ0n) is 15.4. The third kappa shape index (κ3) is 3.57. The van der Waals surface area contributed by atoms with Crippen molar-refractivity contribution in [2.24, 2.45) is 0 Å². The Labute approximate surface area is 162 Å². The molecule has 0 aliphatic heterocycles. The molecular weight excluding hydrogens is 354 g/mol. The summed E-state index contributed by atoms with van der Waals surface area (Å²) in [4.78, 5) is 19.0. The molecule has 1 N–H and O–H groups in total. The van der Waals surface area contributed by atoms with Gasteiger partial charge in [0.25, 0.3) is 0 Å². The van der Waals surface area contributed by atoms with Crippen molar-refractivity contribution < 1.29 is 14.4 Å². The topological polar surface area (TPSA) is 79.5 Å². The lowest BCUT2D eigenvalue weighted by Crippen LogP contribution is -2.32. The van der Waals surface area contributed by atoms with E-state index in [1.165, 1.54) is 4.90 Å². The van der Waals surface area contributed by atoms with Crippen molar-refractivity contribution >= 4 is 22.6 Å². The molecule has 2 heterocycles. The Bertz CT molecular complexity index is 1120. The second-order valence-corrected chi connectivity index (χ2v) is 6.60. The summed E-state index contributed by atoms with van der Waals surface area (Å²) >= 11 is 0. The van der Waals surface area contributed by atoms with Gasteiger partial charge in [0.2, 0.25) is 5.91 Å². The number of rotatable bonds is 5. The first-order chi connectivity index (χ1) is 13.6. The van der Waals surface area contributed by atoms with Crippen LogP contribution in [-0.2, 0) is 17.8 Å². The Hall–Kier alpha value is -3.67. The van der Waals surface area contributed by atoms with Crippen LogP contribution in [0.4, 0.5) is 5.69 Å². The van der Waals surface area contributed by atoms with Gasteiger partial charge in [-0.25, -0.2) is 0 Å². The number of para-hydroxylation sites is 2. The van der Waals surface area contributed by atoms with Gasteiger partial charge >= 0.3 is 0 Å². The minimum atomic E-state index is -0.205. The van der Waals surface area contributed by atoms with Gasteiger partial charge < -0.3 is 14.5 Å². The van der Waals surface area contributed by atoms with Crippen molar-refractivity contribution in [1.29, 1.82) is 0 Å². The highest BCUT2D eigenvalue weighted by atomic mass is 16.5. The van der Waals surface area contributed by atoms with Crippen molar-refractivity contribution in [2.45, 2.75) is 19.9 Å². The molecule has 140 valence electrons. The highest BCUT2D eigenvalue weighted by Gasteiger charge is 2.22. The van der Waals surface area contributed by atoms with E-state index in [0.29, 0.717) is 17.0 Å². The van der Waals surface area contributed by atoms with Crippen LogP contribution in [0, 0.1) is 6.92 Å². The largest absolute Gasteiger partial charge is 0.506 e. The third-order valence-corrected chi connectivity index (χ3v) is 4.54. The number of nitrogens with zero attached hydrogens (tertiary/aromatic N) is 3. The number of hydrogen-bond acceptors (Lipinski definition) is 5. The van der Waals surface area contributed by atoms with E-state index >= 15 is 0 Å². The Kier molecular flexibility index (Phi) is 4.76. The molecular formula is C22H19N3O3. The van der Waals surface area contributed by atoms with Crippen LogP contribution in [0.25, 0.3) is 11.0 Å². The van der Waals surface area contributed by atoms with Crippen LogP contribution in [0.2, 0.25) is 0 Å². The summed E-state index contributed by atoms with van der Waals surface area (Å²) in [5.74, 6) is -0.170. The van der Waals surface area contributed by atoms with Crippen LogP contribution in [-0.4, -0.2) is 21.2 Å². The fourth-order valence-corrected chi connectivity index (χ4v) is 3.12. The smallest absolute Gasteiger partial charge is 0.233 e. The third-order valence-electron chi connectivity index (χ3n) is 4.54. The molecule has 2 aromatic carbocycles. The van der Waals surface area contributed by atoms with Crippen molar-refractivity contribution in [1.82, 2.24) is 10.1 Å². The van der Waals surface area contributed by atoms with Crippen molar-refractivity contribution in [3.63, 3.8) is 0 Å². The number of aromatic hydroxyl groups is 1. The van der Waals surface area contributed by atoms with Crippen molar-refractivity contribution in [3.8, 4) is 5.75 Å². The summed E-state index contributed by atoms with van der Waals surface area (Å²) in [6, 6.07) is 18.0. The molecule has 28 heavy (non-hydrogen) atoms. The number of pyridine rings is 1. The second-order valence-electron chi connectivity index (χ2n) is 6.60. The van der Waals surface area contributed by atoms with Gasteiger partial charge in [-0.15, -0.1) is 0 Å². The molecule has 4 aromatic rings. The van der Waals surface area contributed by atoms with E-state index in [-0.39, 0.29) is 24.6 Å².